The molecular formula is C48H30N6S. The fourth-order valence-electron chi connectivity index (χ4n) is 6.96. The minimum absolute atomic E-state index is 0.529. The quantitative estimate of drug-likeness (QED) is 0.163. The van der Waals surface area contributed by atoms with E-state index in [1.807, 2.05) is 127 Å². The molecule has 0 saturated carbocycles. The van der Waals surface area contributed by atoms with E-state index in [4.69, 9.17) is 29.9 Å². The van der Waals surface area contributed by atoms with Crippen molar-refractivity contribution in [3.63, 3.8) is 0 Å². The minimum Gasteiger partial charge on any atom is -0.208 e. The number of hydrogen-bond donors (Lipinski definition) is 0. The highest BCUT2D eigenvalue weighted by Crippen LogP contribution is 2.40. The van der Waals surface area contributed by atoms with Crippen molar-refractivity contribution in [3.8, 4) is 79.5 Å². The molecule has 0 aliphatic rings. The largest absolute Gasteiger partial charge is 0.208 e. The van der Waals surface area contributed by atoms with Crippen LogP contribution in [0.4, 0.5) is 0 Å². The molecule has 7 aromatic carbocycles. The van der Waals surface area contributed by atoms with Crippen LogP contribution >= 0.6 is 11.3 Å². The van der Waals surface area contributed by atoms with Crippen molar-refractivity contribution in [1.29, 1.82) is 0 Å². The standard InChI is InChI=1S/C48H30N6S/c1-4-15-32(16-5-1)43-49-44(33-17-6-2-7-18-33)52-47(51-43)37-21-10-11-22-38(37)48-53-45(34-19-8-3-9-20-34)50-46(54-48)35-29-27-31(28-30-35)36-24-14-26-41-42(36)39-23-12-13-25-40(39)55-41/h1-30H. The van der Waals surface area contributed by atoms with E-state index in [1.54, 1.807) is 0 Å². The van der Waals surface area contributed by atoms with Crippen molar-refractivity contribution in [3.05, 3.63) is 182 Å². The maximum absolute atomic E-state index is 5.14. The van der Waals surface area contributed by atoms with E-state index < -0.39 is 0 Å². The molecule has 0 aliphatic heterocycles. The lowest BCUT2D eigenvalue weighted by molar-refractivity contribution is 1.06. The average Bonchev–Trinajstić information content (AvgIpc) is 3.66. The van der Waals surface area contributed by atoms with Crippen molar-refractivity contribution in [2.45, 2.75) is 0 Å². The highest BCUT2D eigenvalue weighted by Gasteiger charge is 2.19. The van der Waals surface area contributed by atoms with Crippen LogP contribution in [0.5, 0.6) is 0 Å². The molecule has 0 bridgehead atoms. The Morgan fingerprint density at radius 1 is 0.255 bits per heavy atom. The lowest BCUT2D eigenvalue weighted by Crippen LogP contribution is -2.03. The monoisotopic (exact) mass is 722 g/mol. The van der Waals surface area contributed by atoms with Crippen LogP contribution in [0.1, 0.15) is 0 Å². The molecule has 0 N–H and O–H groups in total. The predicted octanol–water partition coefficient (Wildman–Crippen LogP) is 12.1. The van der Waals surface area contributed by atoms with E-state index in [2.05, 4.69) is 66.7 Å². The van der Waals surface area contributed by atoms with Crippen LogP contribution in [0.2, 0.25) is 0 Å². The van der Waals surface area contributed by atoms with E-state index in [0.717, 1.165) is 38.9 Å². The van der Waals surface area contributed by atoms with Crippen LogP contribution in [0.25, 0.3) is 99.6 Å². The summed E-state index contributed by atoms with van der Waals surface area (Å²) in [5, 5.41) is 2.56. The maximum atomic E-state index is 5.14. The number of fused-ring (bicyclic) bond motifs is 3. The van der Waals surface area contributed by atoms with Gasteiger partial charge in [0, 0.05) is 53.6 Å². The summed E-state index contributed by atoms with van der Waals surface area (Å²) in [6, 6.07) is 61.7. The normalized spacial score (nSPS) is 11.3. The Hall–Kier alpha value is -7.22. The Labute approximate surface area is 321 Å². The van der Waals surface area contributed by atoms with Crippen molar-refractivity contribution in [1.82, 2.24) is 29.9 Å². The summed E-state index contributed by atoms with van der Waals surface area (Å²) < 4.78 is 2.57. The highest BCUT2D eigenvalue weighted by atomic mass is 32.1. The third-order valence-corrected chi connectivity index (χ3v) is 10.8. The molecule has 258 valence electrons. The van der Waals surface area contributed by atoms with E-state index in [0.29, 0.717) is 34.9 Å². The summed E-state index contributed by atoms with van der Waals surface area (Å²) in [6.07, 6.45) is 0. The predicted molar refractivity (Wildman–Crippen MR) is 224 cm³/mol. The second-order valence-electron chi connectivity index (χ2n) is 13.1. The van der Waals surface area contributed by atoms with Crippen molar-refractivity contribution >= 4 is 31.5 Å². The van der Waals surface area contributed by atoms with Gasteiger partial charge >= 0.3 is 0 Å². The Morgan fingerprint density at radius 3 is 1.13 bits per heavy atom. The lowest BCUT2D eigenvalue weighted by Gasteiger charge is -2.13. The van der Waals surface area contributed by atoms with Gasteiger partial charge in [-0.25, -0.2) is 29.9 Å². The van der Waals surface area contributed by atoms with Gasteiger partial charge in [0.1, 0.15) is 0 Å². The first-order chi connectivity index (χ1) is 27.2. The van der Waals surface area contributed by atoms with Gasteiger partial charge in [-0.05, 0) is 23.3 Å². The zero-order valence-corrected chi connectivity index (χ0v) is 30.2. The van der Waals surface area contributed by atoms with Crippen molar-refractivity contribution < 1.29 is 0 Å². The molecule has 10 rings (SSSR count). The number of aromatic nitrogens is 6. The number of benzene rings is 7. The van der Waals surface area contributed by atoms with E-state index >= 15 is 0 Å². The molecule has 3 heterocycles. The smallest absolute Gasteiger partial charge is 0.164 e. The summed E-state index contributed by atoms with van der Waals surface area (Å²) in [4.78, 5) is 30.2. The Morgan fingerprint density at radius 2 is 0.618 bits per heavy atom. The van der Waals surface area contributed by atoms with E-state index in [1.165, 1.54) is 25.7 Å². The van der Waals surface area contributed by atoms with Gasteiger partial charge < -0.3 is 0 Å². The SMILES string of the molecule is c1ccc(-c2nc(-c3ccccc3)nc(-c3ccccc3-c3nc(-c4ccccc4)nc(-c4ccc(-c5cccc6sc7ccccc7c56)cc4)n3)n2)cc1. The van der Waals surface area contributed by atoms with Crippen LogP contribution in [0.15, 0.2) is 182 Å². The Bertz CT molecular complexity index is 2910. The molecule has 3 aromatic heterocycles. The summed E-state index contributed by atoms with van der Waals surface area (Å²) in [7, 11) is 0. The van der Waals surface area contributed by atoms with Crippen LogP contribution in [-0.2, 0) is 0 Å². The molecule has 6 nitrogen and oxygen atoms in total. The molecule has 0 aliphatic carbocycles. The Kier molecular flexibility index (Phi) is 8.24. The van der Waals surface area contributed by atoms with Gasteiger partial charge in [-0.3, -0.25) is 0 Å². The van der Waals surface area contributed by atoms with Gasteiger partial charge in [-0.2, -0.15) is 0 Å². The highest BCUT2D eigenvalue weighted by molar-refractivity contribution is 7.25. The number of rotatable bonds is 7. The molecule has 7 heteroatoms. The zero-order chi connectivity index (χ0) is 36.6. The third kappa shape index (κ3) is 6.22. The molecule has 0 saturated heterocycles. The first-order valence-electron chi connectivity index (χ1n) is 18.0. The van der Waals surface area contributed by atoms with Crippen LogP contribution in [-0.4, -0.2) is 29.9 Å². The van der Waals surface area contributed by atoms with Gasteiger partial charge in [0.25, 0.3) is 0 Å². The first kappa shape index (κ1) is 32.4. The van der Waals surface area contributed by atoms with Gasteiger partial charge in [0.2, 0.25) is 0 Å². The zero-order valence-electron chi connectivity index (χ0n) is 29.4. The van der Waals surface area contributed by atoms with Crippen LogP contribution < -0.4 is 0 Å². The first-order valence-corrected chi connectivity index (χ1v) is 18.9. The molecular weight excluding hydrogens is 693 g/mol. The molecule has 0 spiro atoms. The van der Waals surface area contributed by atoms with Crippen LogP contribution in [0.3, 0.4) is 0 Å². The second kappa shape index (κ2) is 14.0. The molecule has 55 heavy (non-hydrogen) atoms. The second-order valence-corrected chi connectivity index (χ2v) is 14.2. The molecule has 0 atom stereocenters. The van der Waals surface area contributed by atoms with Crippen LogP contribution in [0, 0.1) is 0 Å². The molecule has 0 radical (unpaired) electrons. The molecule has 0 amide bonds. The van der Waals surface area contributed by atoms with Crippen molar-refractivity contribution in [2.24, 2.45) is 0 Å². The van der Waals surface area contributed by atoms with E-state index in [-0.39, 0.29) is 0 Å². The third-order valence-electron chi connectivity index (χ3n) is 9.63. The van der Waals surface area contributed by atoms with Gasteiger partial charge in [-0.1, -0.05) is 170 Å². The number of nitrogens with zero attached hydrogens (tertiary/aromatic N) is 6. The summed E-state index contributed by atoms with van der Waals surface area (Å²) >= 11 is 1.83. The molecule has 0 fully saturated rings. The van der Waals surface area contributed by atoms with Crippen molar-refractivity contribution in [2.75, 3.05) is 0 Å². The van der Waals surface area contributed by atoms with Gasteiger partial charge in [0.15, 0.2) is 34.9 Å². The topological polar surface area (TPSA) is 77.3 Å². The number of hydrogen-bond acceptors (Lipinski definition) is 7. The van der Waals surface area contributed by atoms with Gasteiger partial charge in [-0.15, -0.1) is 11.3 Å². The maximum Gasteiger partial charge on any atom is 0.164 e. The fourth-order valence-corrected chi connectivity index (χ4v) is 8.09. The minimum atomic E-state index is 0.529. The average molecular weight is 723 g/mol. The fraction of sp³-hybridized carbons (Fsp3) is 0. The number of thiophene rings is 1. The lowest BCUT2D eigenvalue weighted by atomic mass is 9.98. The molecule has 10 aromatic rings. The summed E-state index contributed by atoms with van der Waals surface area (Å²) in [6.45, 7) is 0. The summed E-state index contributed by atoms with van der Waals surface area (Å²) in [5.74, 6) is 3.40. The van der Waals surface area contributed by atoms with Gasteiger partial charge in [0.05, 0.1) is 0 Å². The summed E-state index contributed by atoms with van der Waals surface area (Å²) in [5.41, 5.74) is 7.53. The van der Waals surface area contributed by atoms with E-state index in [9.17, 15) is 0 Å². The molecule has 0 unspecified atom stereocenters. The Balaban J connectivity index is 1.11.